The second kappa shape index (κ2) is 6.72. The van der Waals surface area contributed by atoms with Gasteiger partial charge in [-0.05, 0) is 32.2 Å². The fraction of sp³-hybridized carbons (Fsp3) is 1.00. The molecule has 0 aromatic heterocycles. The molecule has 1 aliphatic heterocycles. The normalized spacial score (nSPS) is 32.8. The summed E-state index contributed by atoms with van der Waals surface area (Å²) in [6.07, 6.45) is 8.50. The first-order valence-corrected chi connectivity index (χ1v) is 7.35. The van der Waals surface area contributed by atoms with Crippen LogP contribution in [0.3, 0.4) is 0 Å². The predicted molar refractivity (Wildman–Crippen MR) is 71.3 cm³/mol. The summed E-state index contributed by atoms with van der Waals surface area (Å²) in [5.74, 6) is 0. The van der Waals surface area contributed by atoms with Crippen molar-refractivity contribution in [2.75, 3.05) is 26.7 Å². The first-order valence-electron chi connectivity index (χ1n) is 7.35. The maximum atomic E-state index is 5.46. The van der Waals surface area contributed by atoms with Crippen molar-refractivity contribution in [3.63, 3.8) is 0 Å². The Morgan fingerprint density at radius 2 is 1.82 bits per heavy atom. The van der Waals surface area contributed by atoms with Crippen LogP contribution in [-0.4, -0.2) is 49.8 Å². The smallest absolute Gasteiger partial charge is 0.0595 e. The zero-order valence-corrected chi connectivity index (χ0v) is 11.5. The van der Waals surface area contributed by atoms with Gasteiger partial charge in [0, 0.05) is 32.3 Å². The van der Waals surface area contributed by atoms with Crippen LogP contribution in [0.25, 0.3) is 0 Å². The van der Waals surface area contributed by atoms with Crippen LogP contribution in [0.5, 0.6) is 0 Å². The topological polar surface area (TPSA) is 24.5 Å². The molecule has 0 aromatic carbocycles. The Morgan fingerprint density at radius 1 is 1.12 bits per heavy atom. The molecule has 0 radical (unpaired) electrons. The van der Waals surface area contributed by atoms with Crippen molar-refractivity contribution in [2.45, 2.75) is 63.6 Å². The molecule has 1 saturated carbocycles. The second-order valence-corrected chi connectivity index (χ2v) is 5.49. The zero-order valence-electron chi connectivity index (χ0n) is 11.5. The van der Waals surface area contributed by atoms with E-state index in [2.05, 4.69) is 17.1 Å². The summed E-state index contributed by atoms with van der Waals surface area (Å²) in [5, 5.41) is 3.68. The molecule has 100 valence electrons. The van der Waals surface area contributed by atoms with E-state index in [-0.39, 0.29) is 0 Å². The molecule has 1 aliphatic carbocycles. The van der Waals surface area contributed by atoms with Gasteiger partial charge < -0.3 is 10.1 Å². The largest absolute Gasteiger partial charge is 0.381 e. The van der Waals surface area contributed by atoms with Crippen LogP contribution in [0.1, 0.15) is 45.4 Å². The van der Waals surface area contributed by atoms with Gasteiger partial charge in [-0.1, -0.05) is 19.8 Å². The number of likely N-dealkylation sites (N-methyl/N-ethyl adjacent to an activating group) is 1. The predicted octanol–water partition coefficient (Wildman–Crippen LogP) is 2.02. The average molecular weight is 240 g/mol. The molecule has 2 rings (SSSR count). The van der Waals surface area contributed by atoms with Crippen molar-refractivity contribution in [1.29, 1.82) is 0 Å². The summed E-state index contributed by atoms with van der Waals surface area (Å²) >= 11 is 0. The van der Waals surface area contributed by atoms with Crippen LogP contribution in [-0.2, 0) is 4.74 Å². The van der Waals surface area contributed by atoms with Crippen LogP contribution < -0.4 is 5.32 Å². The van der Waals surface area contributed by atoms with Gasteiger partial charge in [0.25, 0.3) is 0 Å². The molecule has 3 nitrogen and oxygen atoms in total. The van der Waals surface area contributed by atoms with E-state index in [4.69, 9.17) is 4.74 Å². The van der Waals surface area contributed by atoms with Gasteiger partial charge in [-0.2, -0.15) is 0 Å². The number of piperidine rings is 1. The van der Waals surface area contributed by atoms with E-state index in [1.165, 1.54) is 51.6 Å². The lowest BCUT2D eigenvalue weighted by molar-refractivity contribution is 0.0139. The molecular formula is C14H28N2O. The van der Waals surface area contributed by atoms with Gasteiger partial charge in [0.1, 0.15) is 0 Å². The molecule has 0 aromatic rings. The second-order valence-electron chi connectivity index (χ2n) is 5.49. The summed E-state index contributed by atoms with van der Waals surface area (Å²) in [7, 11) is 1.85. The van der Waals surface area contributed by atoms with Crippen molar-refractivity contribution in [3.8, 4) is 0 Å². The Morgan fingerprint density at radius 3 is 2.47 bits per heavy atom. The molecule has 1 N–H and O–H groups in total. The van der Waals surface area contributed by atoms with E-state index in [0.717, 1.165) is 18.6 Å². The molecule has 3 heteroatoms. The number of rotatable bonds is 4. The van der Waals surface area contributed by atoms with Crippen molar-refractivity contribution in [3.05, 3.63) is 0 Å². The molecule has 17 heavy (non-hydrogen) atoms. The SMILES string of the molecule is CCNC1CCCCC1N1CCC(OC)CC1. The number of likely N-dealkylation sites (tertiary alicyclic amines) is 1. The minimum Gasteiger partial charge on any atom is -0.381 e. The first kappa shape index (κ1) is 13.3. The van der Waals surface area contributed by atoms with Crippen LogP contribution >= 0.6 is 0 Å². The van der Waals surface area contributed by atoms with Gasteiger partial charge >= 0.3 is 0 Å². The molecule has 2 unspecified atom stereocenters. The molecule has 0 bridgehead atoms. The lowest BCUT2D eigenvalue weighted by atomic mass is 9.88. The summed E-state index contributed by atoms with van der Waals surface area (Å²) in [6.45, 7) is 5.79. The standard InChI is InChI=1S/C14H28N2O/c1-3-15-13-6-4-5-7-14(13)16-10-8-12(17-2)9-11-16/h12-15H,3-11H2,1-2H3. The van der Waals surface area contributed by atoms with Gasteiger partial charge in [0.2, 0.25) is 0 Å². The summed E-state index contributed by atoms with van der Waals surface area (Å²) in [4.78, 5) is 2.71. The minimum atomic E-state index is 0.507. The van der Waals surface area contributed by atoms with Crippen LogP contribution in [0, 0.1) is 0 Å². The van der Waals surface area contributed by atoms with Gasteiger partial charge in [-0.15, -0.1) is 0 Å². The minimum absolute atomic E-state index is 0.507. The lowest BCUT2D eigenvalue weighted by Gasteiger charge is -2.43. The van der Waals surface area contributed by atoms with Crippen LogP contribution in [0.15, 0.2) is 0 Å². The fourth-order valence-electron chi connectivity index (χ4n) is 3.49. The van der Waals surface area contributed by atoms with Crippen LogP contribution in [0.2, 0.25) is 0 Å². The third kappa shape index (κ3) is 3.43. The van der Waals surface area contributed by atoms with Crippen molar-refractivity contribution in [1.82, 2.24) is 10.2 Å². The quantitative estimate of drug-likeness (QED) is 0.813. The Balaban J connectivity index is 1.86. The number of nitrogens with one attached hydrogen (secondary N) is 1. The van der Waals surface area contributed by atoms with Gasteiger partial charge in [0.15, 0.2) is 0 Å². The van der Waals surface area contributed by atoms with Gasteiger partial charge in [-0.3, -0.25) is 4.90 Å². The zero-order chi connectivity index (χ0) is 12.1. The number of hydrogen-bond donors (Lipinski definition) is 1. The number of hydrogen-bond acceptors (Lipinski definition) is 3. The van der Waals surface area contributed by atoms with Gasteiger partial charge in [0.05, 0.1) is 6.10 Å². The molecule has 0 spiro atoms. The van der Waals surface area contributed by atoms with E-state index in [1.807, 2.05) is 7.11 Å². The molecule has 2 atom stereocenters. The maximum Gasteiger partial charge on any atom is 0.0595 e. The molecule has 1 saturated heterocycles. The molecule has 2 aliphatic rings. The van der Waals surface area contributed by atoms with E-state index in [0.29, 0.717) is 6.10 Å². The Kier molecular flexibility index (Phi) is 5.26. The number of methoxy groups -OCH3 is 1. The van der Waals surface area contributed by atoms with E-state index < -0.39 is 0 Å². The van der Waals surface area contributed by atoms with E-state index >= 15 is 0 Å². The van der Waals surface area contributed by atoms with Gasteiger partial charge in [-0.25, -0.2) is 0 Å². The summed E-state index contributed by atoms with van der Waals surface area (Å²) in [5.41, 5.74) is 0. The average Bonchev–Trinajstić information content (AvgIpc) is 2.40. The molecule has 0 amide bonds. The molecular weight excluding hydrogens is 212 g/mol. The maximum absolute atomic E-state index is 5.46. The summed E-state index contributed by atoms with van der Waals surface area (Å²) in [6, 6.07) is 1.51. The third-order valence-electron chi connectivity index (χ3n) is 4.47. The van der Waals surface area contributed by atoms with Crippen LogP contribution in [0.4, 0.5) is 0 Å². The van der Waals surface area contributed by atoms with Crippen molar-refractivity contribution < 1.29 is 4.74 Å². The van der Waals surface area contributed by atoms with Crippen molar-refractivity contribution >= 4 is 0 Å². The highest BCUT2D eigenvalue weighted by molar-refractivity contribution is 4.90. The fourth-order valence-corrected chi connectivity index (χ4v) is 3.49. The van der Waals surface area contributed by atoms with E-state index in [9.17, 15) is 0 Å². The van der Waals surface area contributed by atoms with E-state index in [1.54, 1.807) is 0 Å². The summed E-state index contributed by atoms with van der Waals surface area (Å²) < 4.78 is 5.46. The lowest BCUT2D eigenvalue weighted by Crippen LogP contribution is -2.54. The highest BCUT2D eigenvalue weighted by Gasteiger charge is 2.31. The Labute approximate surface area is 106 Å². The molecule has 2 fully saturated rings. The Bertz CT molecular complexity index is 212. The number of ether oxygens (including phenoxy) is 1. The monoisotopic (exact) mass is 240 g/mol. The molecule has 1 heterocycles. The third-order valence-corrected chi connectivity index (χ3v) is 4.47. The highest BCUT2D eigenvalue weighted by atomic mass is 16.5. The first-order chi connectivity index (χ1) is 8.35. The number of nitrogens with zero attached hydrogens (tertiary/aromatic N) is 1. The van der Waals surface area contributed by atoms with Crippen molar-refractivity contribution in [2.24, 2.45) is 0 Å². The Hall–Kier alpha value is -0.120. The highest BCUT2D eigenvalue weighted by Crippen LogP contribution is 2.26.